The standard InChI is InChI=1S/C25H41N3O6/c1-17(2)28(15-19-14-27(16-20(19)26)24(30)34-25(3,4)5)23(29)18-9-10-21(32-7)22(13-18)33-12-8-11-31-6/h9-10,13,17,19-20H,8,11-12,14-16,26H2,1-7H3/t19-,20-/m0/s1. The van der Waals surface area contributed by atoms with Crippen LogP contribution in [0.25, 0.3) is 0 Å². The van der Waals surface area contributed by atoms with Gasteiger partial charge in [0.2, 0.25) is 0 Å². The van der Waals surface area contributed by atoms with Crippen molar-refractivity contribution in [3.8, 4) is 11.5 Å². The topological polar surface area (TPSA) is 104 Å². The largest absolute Gasteiger partial charge is 0.493 e. The van der Waals surface area contributed by atoms with Crippen molar-refractivity contribution < 1.29 is 28.5 Å². The molecule has 0 bridgehead atoms. The Morgan fingerprint density at radius 3 is 2.44 bits per heavy atom. The molecule has 0 saturated carbocycles. The van der Waals surface area contributed by atoms with Gasteiger partial charge in [-0.15, -0.1) is 0 Å². The number of likely N-dealkylation sites (tertiary alicyclic amines) is 1. The fourth-order valence-corrected chi connectivity index (χ4v) is 3.82. The summed E-state index contributed by atoms with van der Waals surface area (Å²) in [4.78, 5) is 29.4. The van der Waals surface area contributed by atoms with Crippen LogP contribution in [0.4, 0.5) is 4.79 Å². The average Bonchev–Trinajstić information content (AvgIpc) is 3.13. The number of nitrogens with two attached hydrogens (primary N) is 1. The molecular weight excluding hydrogens is 438 g/mol. The molecule has 9 nitrogen and oxygen atoms in total. The van der Waals surface area contributed by atoms with Crippen LogP contribution in [-0.4, -0.2) is 86.6 Å². The second kappa shape index (κ2) is 12.3. The van der Waals surface area contributed by atoms with Crippen LogP contribution >= 0.6 is 0 Å². The highest BCUT2D eigenvalue weighted by Gasteiger charge is 2.37. The molecule has 2 rings (SSSR count). The Balaban J connectivity index is 2.13. The van der Waals surface area contributed by atoms with Crippen LogP contribution in [0.5, 0.6) is 11.5 Å². The zero-order chi connectivity index (χ0) is 25.5. The third-order valence-electron chi connectivity index (χ3n) is 5.62. The number of nitrogens with zero attached hydrogens (tertiary/aromatic N) is 2. The van der Waals surface area contributed by atoms with Crippen LogP contribution in [0, 0.1) is 5.92 Å². The van der Waals surface area contributed by atoms with E-state index in [9.17, 15) is 9.59 Å². The van der Waals surface area contributed by atoms with Crippen molar-refractivity contribution in [1.29, 1.82) is 0 Å². The molecule has 1 heterocycles. The zero-order valence-corrected chi connectivity index (χ0v) is 21.6. The molecule has 34 heavy (non-hydrogen) atoms. The van der Waals surface area contributed by atoms with Crippen molar-refractivity contribution in [2.45, 2.75) is 58.7 Å². The number of hydrogen-bond acceptors (Lipinski definition) is 7. The molecule has 0 unspecified atom stereocenters. The van der Waals surface area contributed by atoms with E-state index in [0.29, 0.717) is 49.9 Å². The SMILES string of the molecule is COCCCOc1cc(C(=O)N(C[C@@H]2CN(C(=O)OC(C)(C)C)C[C@@H]2N)C(C)C)ccc1OC. The third kappa shape index (κ3) is 7.77. The second-order valence-electron chi connectivity index (χ2n) is 9.92. The highest BCUT2D eigenvalue weighted by Crippen LogP contribution is 2.29. The van der Waals surface area contributed by atoms with Gasteiger partial charge in [0.05, 0.1) is 13.7 Å². The molecule has 2 amide bonds. The molecule has 1 fully saturated rings. The molecule has 9 heteroatoms. The summed E-state index contributed by atoms with van der Waals surface area (Å²) in [6, 6.07) is 4.90. The number of methoxy groups -OCH3 is 2. The van der Waals surface area contributed by atoms with E-state index in [4.69, 9.17) is 24.7 Å². The molecule has 1 aliphatic heterocycles. The van der Waals surface area contributed by atoms with Gasteiger partial charge in [0.1, 0.15) is 5.60 Å². The summed E-state index contributed by atoms with van der Waals surface area (Å²) < 4.78 is 21.8. The first-order chi connectivity index (χ1) is 16.0. The van der Waals surface area contributed by atoms with Gasteiger partial charge in [-0.2, -0.15) is 0 Å². The smallest absolute Gasteiger partial charge is 0.410 e. The van der Waals surface area contributed by atoms with E-state index < -0.39 is 5.60 Å². The van der Waals surface area contributed by atoms with Gasteiger partial charge in [-0.1, -0.05) is 0 Å². The summed E-state index contributed by atoms with van der Waals surface area (Å²) >= 11 is 0. The van der Waals surface area contributed by atoms with E-state index >= 15 is 0 Å². The summed E-state index contributed by atoms with van der Waals surface area (Å²) in [7, 11) is 3.21. The van der Waals surface area contributed by atoms with E-state index in [1.54, 1.807) is 42.2 Å². The minimum atomic E-state index is -0.573. The molecule has 0 spiro atoms. The van der Waals surface area contributed by atoms with Crippen LogP contribution < -0.4 is 15.2 Å². The Morgan fingerprint density at radius 2 is 1.85 bits per heavy atom. The predicted molar refractivity (Wildman–Crippen MR) is 130 cm³/mol. The Labute approximate surface area is 203 Å². The van der Waals surface area contributed by atoms with E-state index in [2.05, 4.69) is 0 Å². The summed E-state index contributed by atoms with van der Waals surface area (Å²) in [5.41, 5.74) is 6.30. The normalized spacial score (nSPS) is 18.2. The van der Waals surface area contributed by atoms with Crippen molar-refractivity contribution in [3.63, 3.8) is 0 Å². The number of rotatable bonds is 10. The molecule has 192 valence electrons. The fourth-order valence-electron chi connectivity index (χ4n) is 3.82. The Morgan fingerprint density at radius 1 is 1.15 bits per heavy atom. The maximum Gasteiger partial charge on any atom is 0.410 e. The van der Waals surface area contributed by atoms with Crippen molar-refractivity contribution in [2.24, 2.45) is 11.7 Å². The van der Waals surface area contributed by atoms with Crippen LogP contribution in [0.2, 0.25) is 0 Å². The van der Waals surface area contributed by atoms with Crippen LogP contribution in [0.15, 0.2) is 18.2 Å². The van der Waals surface area contributed by atoms with Gasteiger partial charge in [-0.3, -0.25) is 4.79 Å². The highest BCUT2D eigenvalue weighted by molar-refractivity contribution is 5.95. The van der Waals surface area contributed by atoms with Gasteiger partial charge in [0.15, 0.2) is 11.5 Å². The lowest BCUT2D eigenvalue weighted by Gasteiger charge is -2.31. The number of hydrogen-bond donors (Lipinski definition) is 1. The Kier molecular flexibility index (Phi) is 10.00. The minimum Gasteiger partial charge on any atom is -0.493 e. The lowest BCUT2D eigenvalue weighted by Crippen LogP contribution is -2.44. The van der Waals surface area contributed by atoms with E-state index in [1.165, 1.54) is 0 Å². The molecule has 0 aromatic heterocycles. The number of carbonyl (C=O) groups excluding carboxylic acids is 2. The molecule has 0 radical (unpaired) electrons. The maximum absolute atomic E-state index is 13.5. The molecule has 1 aromatic rings. The van der Waals surface area contributed by atoms with Gasteiger partial charge in [0.25, 0.3) is 5.91 Å². The van der Waals surface area contributed by atoms with E-state index in [0.717, 1.165) is 6.42 Å². The summed E-state index contributed by atoms with van der Waals surface area (Å²) in [5, 5.41) is 0. The van der Waals surface area contributed by atoms with E-state index in [1.807, 2.05) is 34.6 Å². The molecule has 1 aliphatic rings. The first-order valence-corrected chi connectivity index (χ1v) is 11.8. The Hall–Kier alpha value is -2.52. The quantitative estimate of drug-likeness (QED) is 0.514. The molecule has 1 aromatic carbocycles. The van der Waals surface area contributed by atoms with Crippen LogP contribution in [0.3, 0.4) is 0 Å². The average molecular weight is 480 g/mol. The monoisotopic (exact) mass is 479 g/mol. The number of benzene rings is 1. The lowest BCUT2D eigenvalue weighted by atomic mass is 10.0. The fraction of sp³-hybridized carbons (Fsp3) is 0.680. The minimum absolute atomic E-state index is 0.0524. The lowest BCUT2D eigenvalue weighted by molar-refractivity contribution is 0.0284. The van der Waals surface area contributed by atoms with Gasteiger partial charge >= 0.3 is 6.09 Å². The van der Waals surface area contributed by atoms with Gasteiger partial charge in [-0.05, 0) is 52.8 Å². The number of carbonyl (C=O) groups is 2. The van der Waals surface area contributed by atoms with Crippen molar-refractivity contribution in [2.75, 3.05) is 47.1 Å². The number of ether oxygens (including phenoxy) is 4. The van der Waals surface area contributed by atoms with Crippen LogP contribution in [-0.2, 0) is 9.47 Å². The van der Waals surface area contributed by atoms with Gasteiger partial charge in [0, 0.05) is 63.3 Å². The van der Waals surface area contributed by atoms with Crippen molar-refractivity contribution in [1.82, 2.24) is 9.80 Å². The molecule has 1 saturated heterocycles. The predicted octanol–water partition coefficient (Wildman–Crippen LogP) is 3.16. The molecule has 0 aliphatic carbocycles. The highest BCUT2D eigenvalue weighted by atomic mass is 16.6. The third-order valence-corrected chi connectivity index (χ3v) is 5.62. The van der Waals surface area contributed by atoms with Crippen molar-refractivity contribution >= 4 is 12.0 Å². The summed E-state index contributed by atoms with van der Waals surface area (Å²) in [6.45, 7) is 11.8. The van der Waals surface area contributed by atoms with Gasteiger partial charge in [-0.25, -0.2) is 4.79 Å². The molecule has 2 atom stereocenters. The number of amides is 2. The molecular formula is C25H41N3O6. The van der Waals surface area contributed by atoms with Crippen LogP contribution in [0.1, 0.15) is 51.4 Å². The summed E-state index contributed by atoms with van der Waals surface area (Å²) in [6.07, 6.45) is 0.349. The molecule has 2 N–H and O–H groups in total. The summed E-state index contributed by atoms with van der Waals surface area (Å²) in [5.74, 6) is 0.905. The maximum atomic E-state index is 13.5. The second-order valence-corrected chi connectivity index (χ2v) is 9.92. The zero-order valence-electron chi connectivity index (χ0n) is 21.6. The first kappa shape index (κ1) is 27.7. The first-order valence-electron chi connectivity index (χ1n) is 11.8. The Bertz CT molecular complexity index is 823. The van der Waals surface area contributed by atoms with E-state index in [-0.39, 0.29) is 30.0 Å². The van der Waals surface area contributed by atoms with Crippen molar-refractivity contribution in [3.05, 3.63) is 23.8 Å². The van der Waals surface area contributed by atoms with Gasteiger partial charge < -0.3 is 34.5 Å².